The second-order valence-corrected chi connectivity index (χ2v) is 8.28. The predicted molar refractivity (Wildman–Crippen MR) is 104 cm³/mol. The maximum Gasteiger partial charge on any atom is 0.199 e. The van der Waals surface area contributed by atoms with Gasteiger partial charge in [-0.1, -0.05) is 11.6 Å². The molecule has 0 radical (unpaired) electrons. The molecule has 1 saturated carbocycles. The van der Waals surface area contributed by atoms with E-state index >= 15 is 0 Å². The maximum absolute atomic E-state index is 13.2. The largest absolute Gasteiger partial charge is 0.497 e. The van der Waals surface area contributed by atoms with Crippen LogP contribution in [-0.2, 0) is 4.79 Å². The van der Waals surface area contributed by atoms with E-state index in [-0.39, 0.29) is 17.7 Å². The molecule has 2 fully saturated rings. The van der Waals surface area contributed by atoms with Gasteiger partial charge in [0.2, 0.25) is 0 Å². The fourth-order valence-electron chi connectivity index (χ4n) is 5.55. The third-order valence-electron chi connectivity index (χ3n) is 6.89. The Morgan fingerprint density at radius 1 is 1.29 bits per heavy atom. The number of H-pyrrole nitrogens is 1. The third kappa shape index (κ3) is 1.81. The first kappa shape index (κ1) is 16.1. The van der Waals surface area contributed by atoms with Crippen LogP contribution in [0.3, 0.4) is 0 Å². The van der Waals surface area contributed by atoms with Crippen LogP contribution in [0.25, 0.3) is 10.9 Å². The van der Waals surface area contributed by atoms with Gasteiger partial charge in [-0.3, -0.25) is 14.9 Å². The molecule has 2 aliphatic carbocycles. The smallest absolute Gasteiger partial charge is 0.199 e. The molecule has 6 rings (SSSR count). The topological polar surface area (TPSA) is 83.2 Å². The number of piperidine rings is 1. The summed E-state index contributed by atoms with van der Waals surface area (Å²) in [5.74, 6) is 1.12. The highest BCUT2D eigenvalue weighted by Gasteiger charge is 2.74. The lowest BCUT2D eigenvalue weighted by Gasteiger charge is -2.30. The second kappa shape index (κ2) is 5.14. The molecule has 2 aromatic rings. The number of benzene rings is 1. The van der Waals surface area contributed by atoms with Gasteiger partial charge >= 0.3 is 0 Å². The third-order valence-corrected chi connectivity index (χ3v) is 6.89. The number of fused-ring (bicyclic) bond motifs is 2. The number of allylic oxidation sites excluding steroid dienone is 1. The molecule has 1 saturated heterocycles. The summed E-state index contributed by atoms with van der Waals surface area (Å²) in [6.07, 6.45) is 2.85. The van der Waals surface area contributed by atoms with E-state index in [1.807, 2.05) is 30.3 Å². The molecule has 6 nitrogen and oxygen atoms in total. The Labute approximate surface area is 162 Å². The monoisotopic (exact) mass is 375 g/mol. The summed E-state index contributed by atoms with van der Waals surface area (Å²) in [4.78, 5) is 29.1. The highest BCUT2D eigenvalue weighted by Crippen LogP contribution is 2.65. The van der Waals surface area contributed by atoms with Gasteiger partial charge in [-0.25, -0.2) is 0 Å². The Hall–Kier alpha value is -2.86. The van der Waals surface area contributed by atoms with Crippen LogP contribution in [0.1, 0.15) is 23.8 Å². The normalized spacial score (nSPS) is 32.6. The highest BCUT2D eigenvalue weighted by molar-refractivity contribution is 6.13. The van der Waals surface area contributed by atoms with Crippen LogP contribution in [0.5, 0.6) is 5.75 Å². The number of carbonyl (C=O) groups is 2. The molecular weight excluding hydrogens is 354 g/mol. The van der Waals surface area contributed by atoms with E-state index in [1.165, 1.54) is 5.57 Å². The lowest BCUT2D eigenvalue weighted by molar-refractivity contribution is -0.113. The first-order valence-electron chi connectivity index (χ1n) is 9.71. The molecule has 4 unspecified atom stereocenters. The Morgan fingerprint density at radius 3 is 2.93 bits per heavy atom. The van der Waals surface area contributed by atoms with Crippen LogP contribution in [0.2, 0.25) is 0 Å². The van der Waals surface area contributed by atoms with Gasteiger partial charge in [-0.2, -0.15) is 0 Å². The summed E-state index contributed by atoms with van der Waals surface area (Å²) in [6, 6.07) is 7.23. The number of carbonyl (C=O) groups excluding carboxylic acids is 2. The first-order valence-corrected chi connectivity index (χ1v) is 9.71. The summed E-state index contributed by atoms with van der Waals surface area (Å²) in [7, 11) is 1.63. The van der Waals surface area contributed by atoms with Crippen molar-refractivity contribution < 1.29 is 14.3 Å². The lowest BCUT2D eigenvalue weighted by atomic mass is 9.78. The number of ether oxygens (including phenoxy) is 1. The van der Waals surface area contributed by atoms with Gasteiger partial charge in [0.05, 0.1) is 24.8 Å². The van der Waals surface area contributed by atoms with Crippen LogP contribution in [0, 0.1) is 11.3 Å². The minimum atomic E-state index is -0.469. The molecule has 4 atom stereocenters. The average Bonchev–Trinajstić information content (AvgIpc) is 3.19. The summed E-state index contributed by atoms with van der Waals surface area (Å²) in [5, 5.41) is 7.85. The SMILES string of the molecule is COc1ccc2[nH]c(C(=O)C3C=C4C(CC(C)=C5NCC6C(=O)C456)N3)cc2c1. The van der Waals surface area contributed by atoms with Crippen molar-refractivity contribution in [1.29, 1.82) is 0 Å². The second-order valence-electron chi connectivity index (χ2n) is 8.28. The van der Waals surface area contributed by atoms with Crippen LogP contribution < -0.4 is 15.4 Å². The van der Waals surface area contributed by atoms with Gasteiger partial charge in [-0.05, 0) is 43.2 Å². The van der Waals surface area contributed by atoms with E-state index in [0.717, 1.165) is 40.9 Å². The van der Waals surface area contributed by atoms with Gasteiger partial charge in [-0.15, -0.1) is 0 Å². The van der Waals surface area contributed by atoms with Crippen LogP contribution in [0.15, 0.2) is 47.2 Å². The number of methoxy groups -OCH3 is 1. The summed E-state index contributed by atoms with van der Waals surface area (Å²) in [5.41, 5.74) is 4.43. The van der Waals surface area contributed by atoms with Gasteiger partial charge in [0, 0.05) is 29.2 Å². The molecule has 3 heterocycles. The average molecular weight is 375 g/mol. The number of hydrogen-bond acceptors (Lipinski definition) is 5. The van der Waals surface area contributed by atoms with E-state index in [1.54, 1.807) is 7.11 Å². The zero-order valence-electron chi connectivity index (χ0n) is 15.8. The number of aromatic nitrogens is 1. The quantitative estimate of drug-likeness (QED) is 0.565. The van der Waals surface area contributed by atoms with Crippen molar-refractivity contribution in [3.63, 3.8) is 0 Å². The molecule has 1 spiro atoms. The molecule has 1 aromatic carbocycles. The predicted octanol–water partition coefficient (Wildman–Crippen LogP) is 2.09. The molecule has 1 aromatic heterocycles. The molecule has 4 aliphatic rings. The van der Waals surface area contributed by atoms with Crippen molar-refractivity contribution in [1.82, 2.24) is 15.6 Å². The molecule has 6 heteroatoms. The number of ketones is 2. The van der Waals surface area contributed by atoms with E-state index < -0.39 is 11.5 Å². The standard InChI is InChI=1S/C22H21N3O3/c1-10-5-16-13(22-14(21(22)27)9-23-20(10)22)8-18(25-16)19(26)17-7-11-6-12(28-2)3-4-15(11)24-17/h3-4,6-8,14,16,18,23-25H,5,9H2,1-2H3. The Bertz CT molecular complexity index is 1140. The van der Waals surface area contributed by atoms with E-state index in [4.69, 9.17) is 4.74 Å². The zero-order chi connectivity index (χ0) is 19.2. The van der Waals surface area contributed by atoms with Gasteiger partial charge in [0.25, 0.3) is 0 Å². The van der Waals surface area contributed by atoms with Crippen molar-refractivity contribution in [2.45, 2.75) is 25.4 Å². The zero-order valence-corrected chi connectivity index (χ0v) is 15.8. The van der Waals surface area contributed by atoms with Gasteiger partial charge in [0.15, 0.2) is 11.6 Å². The Balaban J connectivity index is 1.36. The fraction of sp³-hybridized carbons (Fsp3) is 0.364. The summed E-state index contributed by atoms with van der Waals surface area (Å²) < 4.78 is 5.27. The van der Waals surface area contributed by atoms with Crippen LogP contribution in [-0.4, -0.2) is 42.3 Å². The minimum Gasteiger partial charge on any atom is -0.497 e. The van der Waals surface area contributed by atoms with Crippen molar-refractivity contribution >= 4 is 22.5 Å². The molecule has 0 amide bonds. The molecule has 0 bridgehead atoms. The number of hydrogen-bond donors (Lipinski definition) is 3. The van der Waals surface area contributed by atoms with Crippen molar-refractivity contribution in [3.05, 3.63) is 52.9 Å². The van der Waals surface area contributed by atoms with Crippen molar-refractivity contribution in [2.75, 3.05) is 13.7 Å². The fourth-order valence-corrected chi connectivity index (χ4v) is 5.55. The molecule has 28 heavy (non-hydrogen) atoms. The highest BCUT2D eigenvalue weighted by atomic mass is 16.5. The number of aromatic amines is 1. The number of Topliss-reactive ketones (excluding diaryl/α,β-unsaturated/α-hetero) is 2. The minimum absolute atomic E-state index is 0.00303. The van der Waals surface area contributed by atoms with Crippen LogP contribution >= 0.6 is 0 Å². The number of rotatable bonds is 3. The number of nitrogens with one attached hydrogen (secondary N) is 3. The van der Waals surface area contributed by atoms with E-state index in [2.05, 4.69) is 22.5 Å². The van der Waals surface area contributed by atoms with Gasteiger partial charge in [0.1, 0.15) is 11.2 Å². The molecule has 142 valence electrons. The summed E-state index contributed by atoms with van der Waals surface area (Å²) >= 11 is 0. The van der Waals surface area contributed by atoms with E-state index in [9.17, 15) is 9.59 Å². The van der Waals surface area contributed by atoms with Crippen LogP contribution in [0.4, 0.5) is 0 Å². The molecule has 3 N–H and O–H groups in total. The van der Waals surface area contributed by atoms with E-state index in [0.29, 0.717) is 11.5 Å². The molecule has 2 aliphatic heterocycles. The lowest BCUT2D eigenvalue weighted by Crippen LogP contribution is -2.41. The van der Waals surface area contributed by atoms with Crippen molar-refractivity contribution in [2.24, 2.45) is 11.3 Å². The van der Waals surface area contributed by atoms with Crippen molar-refractivity contribution in [3.8, 4) is 5.75 Å². The molecular formula is C22H21N3O3. The Morgan fingerprint density at radius 2 is 2.14 bits per heavy atom. The summed E-state index contributed by atoms with van der Waals surface area (Å²) in [6.45, 7) is 2.81. The maximum atomic E-state index is 13.2. The Kier molecular flexibility index (Phi) is 2.96. The first-order chi connectivity index (χ1) is 13.5. The van der Waals surface area contributed by atoms with Gasteiger partial charge < -0.3 is 15.0 Å².